The summed E-state index contributed by atoms with van der Waals surface area (Å²) >= 11 is 0. The van der Waals surface area contributed by atoms with E-state index >= 15 is 0 Å². The summed E-state index contributed by atoms with van der Waals surface area (Å²) in [6.07, 6.45) is 0.604. The molecule has 1 aliphatic heterocycles. The lowest BCUT2D eigenvalue weighted by molar-refractivity contribution is -0.141. The number of ether oxygens (including phenoxy) is 1. The third kappa shape index (κ3) is 2.46. The summed E-state index contributed by atoms with van der Waals surface area (Å²) in [4.78, 5) is 27.3. The lowest BCUT2D eigenvalue weighted by Gasteiger charge is -2.21. The van der Waals surface area contributed by atoms with Gasteiger partial charge in [-0.15, -0.1) is 0 Å². The lowest BCUT2D eigenvalue weighted by atomic mass is 10.2. The van der Waals surface area contributed by atoms with E-state index in [1.165, 1.54) is 7.11 Å². The number of carbonyl (C=O) groups is 2. The molecule has 2 unspecified atom stereocenters. The van der Waals surface area contributed by atoms with Gasteiger partial charge in [-0.25, -0.2) is 14.2 Å². The first kappa shape index (κ1) is 14.3. The zero-order valence-electron chi connectivity index (χ0n) is 10.5. The highest BCUT2D eigenvalue weighted by atomic mass is 19.2. The van der Waals surface area contributed by atoms with Gasteiger partial charge in [-0.3, -0.25) is 4.79 Å². The second-order valence-corrected chi connectivity index (χ2v) is 4.37. The third-order valence-electron chi connectivity index (χ3n) is 3.22. The van der Waals surface area contributed by atoms with Crippen molar-refractivity contribution in [2.75, 3.05) is 13.7 Å². The van der Waals surface area contributed by atoms with Gasteiger partial charge in [-0.2, -0.15) is 4.39 Å². The predicted molar refractivity (Wildman–Crippen MR) is 62.0 cm³/mol. The van der Waals surface area contributed by atoms with Crippen molar-refractivity contribution < 1.29 is 28.2 Å². The maximum atomic E-state index is 13.5. The van der Waals surface area contributed by atoms with Crippen LogP contribution in [0.5, 0.6) is 0 Å². The van der Waals surface area contributed by atoms with Gasteiger partial charge in [0.15, 0.2) is 5.82 Å². The van der Waals surface area contributed by atoms with Gasteiger partial charge in [0.2, 0.25) is 5.95 Å². The molecule has 20 heavy (non-hydrogen) atoms. The van der Waals surface area contributed by atoms with E-state index in [-0.39, 0.29) is 13.0 Å². The quantitative estimate of drug-likeness (QED) is 0.826. The molecule has 0 bridgehead atoms. The zero-order valence-corrected chi connectivity index (χ0v) is 10.5. The fourth-order valence-electron chi connectivity index (χ4n) is 2.16. The predicted octanol–water partition coefficient (Wildman–Crippen LogP) is 0.674. The molecular weight excluding hydrogens is 274 g/mol. The number of rotatable bonds is 3. The molecular formula is C12H12F2N2O4. The number of carboxylic acids is 1. The summed E-state index contributed by atoms with van der Waals surface area (Å²) in [5.41, 5.74) is -0.541. The van der Waals surface area contributed by atoms with Crippen LogP contribution in [-0.2, 0) is 9.53 Å². The van der Waals surface area contributed by atoms with Crippen LogP contribution in [0.3, 0.4) is 0 Å². The highest BCUT2D eigenvalue weighted by molar-refractivity contribution is 5.97. The number of amides is 1. The van der Waals surface area contributed by atoms with Gasteiger partial charge in [0.25, 0.3) is 5.91 Å². The fraction of sp³-hybridized carbons (Fsp3) is 0.417. The summed E-state index contributed by atoms with van der Waals surface area (Å²) in [7, 11) is 1.39. The Labute approximate surface area is 113 Å². The highest BCUT2D eigenvalue weighted by Gasteiger charge is 2.41. The Morgan fingerprint density at radius 3 is 2.80 bits per heavy atom. The van der Waals surface area contributed by atoms with Gasteiger partial charge >= 0.3 is 5.97 Å². The Morgan fingerprint density at radius 1 is 1.50 bits per heavy atom. The minimum Gasteiger partial charge on any atom is -0.480 e. The number of nitrogens with zero attached hydrogens (tertiary/aromatic N) is 2. The normalized spacial score (nSPS) is 22.1. The van der Waals surface area contributed by atoms with Crippen molar-refractivity contribution in [3.05, 3.63) is 29.6 Å². The van der Waals surface area contributed by atoms with E-state index < -0.39 is 41.4 Å². The first-order valence-corrected chi connectivity index (χ1v) is 5.82. The van der Waals surface area contributed by atoms with Crippen molar-refractivity contribution in [2.45, 2.75) is 18.6 Å². The van der Waals surface area contributed by atoms with Crippen molar-refractivity contribution in [1.29, 1.82) is 0 Å². The smallest absolute Gasteiger partial charge is 0.326 e. The van der Waals surface area contributed by atoms with E-state index in [1.54, 1.807) is 0 Å². The lowest BCUT2D eigenvalue weighted by Crippen LogP contribution is -2.41. The minimum absolute atomic E-state index is 0.00961. The molecule has 1 amide bonds. The molecule has 1 aromatic heterocycles. The monoisotopic (exact) mass is 286 g/mol. The Kier molecular flexibility index (Phi) is 3.93. The summed E-state index contributed by atoms with van der Waals surface area (Å²) in [5.74, 6) is -4.89. The van der Waals surface area contributed by atoms with Crippen LogP contribution in [0.15, 0.2) is 12.3 Å². The van der Waals surface area contributed by atoms with E-state index in [0.29, 0.717) is 0 Å². The van der Waals surface area contributed by atoms with Crippen LogP contribution in [0.25, 0.3) is 0 Å². The van der Waals surface area contributed by atoms with Gasteiger partial charge in [0.1, 0.15) is 6.04 Å². The topological polar surface area (TPSA) is 79.7 Å². The van der Waals surface area contributed by atoms with Crippen LogP contribution in [-0.4, -0.2) is 52.7 Å². The van der Waals surface area contributed by atoms with E-state index in [9.17, 15) is 18.4 Å². The number of hydrogen-bond donors (Lipinski definition) is 1. The van der Waals surface area contributed by atoms with Gasteiger partial charge in [-0.05, 0) is 6.07 Å². The van der Waals surface area contributed by atoms with E-state index in [0.717, 1.165) is 17.2 Å². The molecule has 0 aromatic carbocycles. The summed E-state index contributed by atoms with van der Waals surface area (Å²) in [5, 5.41) is 9.09. The number of hydrogen-bond acceptors (Lipinski definition) is 4. The Balaban J connectivity index is 2.31. The Morgan fingerprint density at radius 2 is 2.20 bits per heavy atom. The first-order valence-electron chi connectivity index (χ1n) is 5.82. The molecule has 6 nitrogen and oxygen atoms in total. The van der Waals surface area contributed by atoms with E-state index in [4.69, 9.17) is 9.84 Å². The van der Waals surface area contributed by atoms with Crippen LogP contribution in [0, 0.1) is 11.8 Å². The number of carbonyl (C=O) groups excluding carboxylic acids is 1. The molecule has 2 heterocycles. The number of carboxylic acid groups (broad SMARTS) is 1. The van der Waals surface area contributed by atoms with Crippen molar-refractivity contribution >= 4 is 11.9 Å². The number of aromatic nitrogens is 1. The standard InChI is InChI=1S/C12H12F2N2O4/c1-20-6-4-8(12(18)19)16(5-6)11(17)7-2-3-15-10(14)9(7)13/h2-3,6,8H,4-5H2,1H3,(H,18,19). The molecule has 1 aromatic rings. The molecule has 0 aliphatic carbocycles. The number of aliphatic carboxylic acids is 1. The largest absolute Gasteiger partial charge is 0.480 e. The van der Waals surface area contributed by atoms with E-state index in [2.05, 4.69) is 4.98 Å². The molecule has 2 atom stereocenters. The molecule has 0 spiro atoms. The number of methoxy groups -OCH3 is 1. The maximum Gasteiger partial charge on any atom is 0.326 e. The minimum atomic E-state index is -1.40. The number of halogens is 2. The molecule has 1 aliphatic rings. The average molecular weight is 286 g/mol. The van der Waals surface area contributed by atoms with Crippen LogP contribution in [0.1, 0.15) is 16.8 Å². The van der Waals surface area contributed by atoms with Crippen molar-refractivity contribution in [2.24, 2.45) is 0 Å². The van der Waals surface area contributed by atoms with Crippen LogP contribution in [0.4, 0.5) is 8.78 Å². The number of likely N-dealkylation sites (tertiary alicyclic amines) is 1. The summed E-state index contributed by atoms with van der Waals surface area (Å²) in [6, 6.07) is -0.108. The van der Waals surface area contributed by atoms with Crippen LogP contribution < -0.4 is 0 Å². The summed E-state index contributed by atoms with van der Waals surface area (Å²) in [6.45, 7) is 0.00961. The maximum absolute atomic E-state index is 13.5. The SMILES string of the molecule is COC1CC(C(=O)O)N(C(=O)c2ccnc(F)c2F)C1. The van der Waals surface area contributed by atoms with Crippen LogP contribution in [0.2, 0.25) is 0 Å². The first-order chi connectivity index (χ1) is 9.45. The molecule has 108 valence electrons. The zero-order chi connectivity index (χ0) is 14.9. The fourth-order valence-corrected chi connectivity index (χ4v) is 2.16. The Hall–Kier alpha value is -2.09. The average Bonchev–Trinajstić information content (AvgIpc) is 2.85. The van der Waals surface area contributed by atoms with Gasteiger partial charge in [0.05, 0.1) is 11.7 Å². The van der Waals surface area contributed by atoms with Crippen molar-refractivity contribution in [1.82, 2.24) is 9.88 Å². The molecule has 1 saturated heterocycles. The molecule has 8 heteroatoms. The second kappa shape index (κ2) is 5.49. The second-order valence-electron chi connectivity index (χ2n) is 4.37. The van der Waals surface area contributed by atoms with Crippen molar-refractivity contribution in [3.63, 3.8) is 0 Å². The molecule has 2 rings (SSSR count). The van der Waals surface area contributed by atoms with Gasteiger partial charge in [-0.1, -0.05) is 0 Å². The summed E-state index contributed by atoms with van der Waals surface area (Å²) < 4.78 is 31.6. The van der Waals surface area contributed by atoms with Gasteiger partial charge < -0.3 is 14.7 Å². The van der Waals surface area contributed by atoms with E-state index in [1.807, 2.05) is 0 Å². The Bertz CT molecular complexity index is 552. The van der Waals surface area contributed by atoms with Crippen molar-refractivity contribution in [3.8, 4) is 0 Å². The third-order valence-corrected chi connectivity index (χ3v) is 3.22. The molecule has 0 radical (unpaired) electrons. The van der Waals surface area contributed by atoms with Gasteiger partial charge in [0, 0.05) is 26.3 Å². The number of pyridine rings is 1. The molecule has 1 fully saturated rings. The van der Waals surface area contributed by atoms with Crippen LogP contribution >= 0.6 is 0 Å². The molecule has 1 N–H and O–H groups in total. The highest BCUT2D eigenvalue weighted by Crippen LogP contribution is 2.23. The molecule has 0 saturated carbocycles.